The Morgan fingerprint density at radius 2 is 2.22 bits per heavy atom. The monoisotopic (exact) mass is 256 g/mol. The summed E-state index contributed by atoms with van der Waals surface area (Å²) in [7, 11) is 0. The van der Waals surface area contributed by atoms with E-state index in [2.05, 4.69) is 10.6 Å². The Hall–Kier alpha value is -0.610. The maximum Gasteiger partial charge on any atom is 0.249 e. The van der Waals surface area contributed by atoms with Crippen LogP contribution in [0.4, 0.5) is 0 Å². The highest BCUT2D eigenvalue weighted by molar-refractivity contribution is 5.80. The molecule has 0 aromatic heterocycles. The second kappa shape index (κ2) is 7.10. The summed E-state index contributed by atoms with van der Waals surface area (Å²) in [6.07, 6.45) is 3.21. The van der Waals surface area contributed by atoms with Crippen molar-refractivity contribution in [3.8, 4) is 0 Å². The van der Waals surface area contributed by atoms with Gasteiger partial charge in [0.25, 0.3) is 0 Å². The van der Waals surface area contributed by atoms with Crippen molar-refractivity contribution in [1.29, 1.82) is 0 Å². The van der Waals surface area contributed by atoms with Gasteiger partial charge in [-0.05, 0) is 66.0 Å². The van der Waals surface area contributed by atoms with Gasteiger partial charge < -0.3 is 15.4 Å². The largest absolute Gasteiger partial charge is 0.369 e. The van der Waals surface area contributed by atoms with Crippen molar-refractivity contribution in [2.75, 3.05) is 19.7 Å². The third-order valence-electron chi connectivity index (χ3n) is 3.16. The molecule has 1 fully saturated rings. The van der Waals surface area contributed by atoms with Crippen LogP contribution >= 0.6 is 0 Å². The fraction of sp³-hybridized carbons (Fsp3) is 0.929. The van der Waals surface area contributed by atoms with Crippen LogP contribution in [0.2, 0.25) is 0 Å². The Balaban J connectivity index is 2.15. The van der Waals surface area contributed by atoms with Crippen LogP contribution in [0.5, 0.6) is 0 Å². The number of nitrogens with one attached hydrogen (secondary N) is 2. The molecule has 1 rings (SSSR count). The molecular weight excluding hydrogens is 228 g/mol. The lowest BCUT2D eigenvalue weighted by Gasteiger charge is -2.25. The lowest BCUT2D eigenvalue weighted by atomic mass is 9.97. The molecule has 4 nitrogen and oxygen atoms in total. The second-order valence-electron chi connectivity index (χ2n) is 6.25. The lowest BCUT2D eigenvalue weighted by Crippen LogP contribution is -2.46. The second-order valence-corrected chi connectivity index (χ2v) is 6.25. The van der Waals surface area contributed by atoms with E-state index >= 15 is 0 Å². The smallest absolute Gasteiger partial charge is 0.249 e. The van der Waals surface area contributed by atoms with E-state index in [1.165, 1.54) is 12.8 Å². The molecule has 1 amide bonds. The van der Waals surface area contributed by atoms with Crippen LogP contribution < -0.4 is 10.6 Å². The molecule has 1 aliphatic rings. The van der Waals surface area contributed by atoms with Gasteiger partial charge >= 0.3 is 0 Å². The minimum Gasteiger partial charge on any atom is -0.369 e. The van der Waals surface area contributed by atoms with Crippen LogP contribution in [0, 0.1) is 5.92 Å². The molecule has 0 aliphatic carbocycles. The van der Waals surface area contributed by atoms with Gasteiger partial charge in [0.05, 0.1) is 0 Å². The number of ether oxygens (including phenoxy) is 1. The summed E-state index contributed by atoms with van der Waals surface area (Å²) >= 11 is 0. The molecule has 0 aromatic carbocycles. The highest BCUT2D eigenvalue weighted by Gasteiger charge is 2.20. The van der Waals surface area contributed by atoms with Gasteiger partial charge in [-0.1, -0.05) is 0 Å². The van der Waals surface area contributed by atoms with Gasteiger partial charge in [-0.25, -0.2) is 0 Å². The van der Waals surface area contributed by atoms with Crippen molar-refractivity contribution < 1.29 is 9.53 Å². The normalized spacial score (nSPS) is 22.6. The van der Waals surface area contributed by atoms with Gasteiger partial charge in [0.15, 0.2) is 0 Å². The van der Waals surface area contributed by atoms with Gasteiger partial charge in [-0.2, -0.15) is 0 Å². The zero-order valence-corrected chi connectivity index (χ0v) is 12.2. The summed E-state index contributed by atoms with van der Waals surface area (Å²) in [6, 6.07) is 0. The van der Waals surface area contributed by atoms with E-state index in [-0.39, 0.29) is 17.6 Å². The molecule has 1 aliphatic heterocycles. The molecular formula is C14H28N2O2. The number of piperidine rings is 1. The highest BCUT2D eigenvalue weighted by atomic mass is 16.5. The maximum atomic E-state index is 11.8. The minimum absolute atomic E-state index is 0.0238. The first-order valence-electron chi connectivity index (χ1n) is 7.03. The molecule has 0 bridgehead atoms. The predicted octanol–water partition coefficient (Wildman–Crippen LogP) is 1.70. The quantitative estimate of drug-likeness (QED) is 0.787. The van der Waals surface area contributed by atoms with Crippen molar-refractivity contribution in [3.05, 3.63) is 0 Å². The van der Waals surface area contributed by atoms with Gasteiger partial charge in [0.2, 0.25) is 5.91 Å². The van der Waals surface area contributed by atoms with Crippen molar-refractivity contribution in [2.45, 2.75) is 58.6 Å². The summed E-state index contributed by atoms with van der Waals surface area (Å²) in [5.74, 6) is 0.681. The fourth-order valence-corrected chi connectivity index (χ4v) is 2.13. The van der Waals surface area contributed by atoms with E-state index in [9.17, 15) is 4.79 Å². The first-order chi connectivity index (χ1) is 8.38. The maximum absolute atomic E-state index is 11.8. The third-order valence-corrected chi connectivity index (χ3v) is 3.16. The molecule has 2 unspecified atom stereocenters. The van der Waals surface area contributed by atoms with Gasteiger partial charge in [-0.15, -0.1) is 0 Å². The average Bonchev–Trinajstić information content (AvgIpc) is 2.28. The summed E-state index contributed by atoms with van der Waals surface area (Å²) in [6.45, 7) is 10.7. The number of carbonyl (C=O) groups excluding carboxylic acids is 1. The minimum atomic E-state index is -0.360. The molecule has 2 atom stereocenters. The van der Waals surface area contributed by atoms with Crippen molar-refractivity contribution in [2.24, 2.45) is 5.92 Å². The topological polar surface area (TPSA) is 50.4 Å². The molecule has 4 heteroatoms. The molecule has 0 radical (unpaired) electrons. The molecule has 1 saturated heterocycles. The zero-order valence-electron chi connectivity index (χ0n) is 12.2. The van der Waals surface area contributed by atoms with E-state index in [1.807, 2.05) is 27.7 Å². The summed E-state index contributed by atoms with van der Waals surface area (Å²) in [5.41, 5.74) is -0.192. The van der Waals surface area contributed by atoms with Gasteiger partial charge in [-0.3, -0.25) is 4.79 Å². The first kappa shape index (κ1) is 15.4. The van der Waals surface area contributed by atoms with Crippen LogP contribution in [0.1, 0.15) is 47.0 Å². The van der Waals surface area contributed by atoms with Crippen molar-refractivity contribution >= 4 is 5.91 Å². The Morgan fingerprint density at radius 1 is 1.50 bits per heavy atom. The molecule has 18 heavy (non-hydrogen) atoms. The number of rotatable bonds is 5. The fourth-order valence-electron chi connectivity index (χ4n) is 2.13. The van der Waals surface area contributed by atoms with Crippen LogP contribution in [-0.2, 0) is 9.53 Å². The van der Waals surface area contributed by atoms with E-state index < -0.39 is 0 Å². The Morgan fingerprint density at radius 3 is 2.78 bits per heavy atom. The van der Waals surface area contributed by atoms with Crippen molar-refractivity contribution in [1.82, 2.24) is 10.6 Å². The van der Waals surface area contributed by atoms with Crippen LogP contribution in [0.25, 0.3) is 0 Å². The van der Waals surface area contributed by atoms with E-state index in [4.69, 9.17) is 4.74 Å². The number of carbonyl (C=O) groups is 1. The molecule has 1 heterocycles. The van der Waals surface area contributed by atoms with Gasteiger partial charge in [0, 0.05) is 12.1 Å². The molecule has 106 valence electrons. The zero-order chi connectivity index (χ0) is 13.6. The summed E-state index contributed by atoms with van der Waals surface area (Å²) < 4.78 is 5.61. The Bertz CT molecular complexity index is 255. The SMILES string of the molecule is CC(OCCC1CCCNC1)C(=O)NC(C)(C)C. The third kappa shape index (κ3) is 6.36. The summed E-state index contributed by atoms with van der Waals surface area (Å²) in [4.78, 5) is 11.8. The highest BCUT2D eigenvalue weighted by Crippen LogP contribution is 2.14. The number of hydrogen-bond acceptors (Lipinski definition) is 3. The molecule has 0 saturated carbocycles. The molecule has 0 spiro atoms. The Kier molecular flexibility index (Phi) is 6.09. The molecule has 2 N–H and O–H groups in total. The Labute approximate surface area is 111 Å². The van der Waals surface area contributed by atoms with E-state index in [0.717, 1.165) is 19.5 Å². The van der Waals surface area contributed by atoms with E-state index in [1.54, 1.807) is 0 Å². The number of amides is 1. The van der Waals surface area contributed by atoms with Crippen LogP contribution in [-0.4, -0.2) is 37.2 Å². The van der Waals surface area contributed by atoms with E-state index in [0.29, 0.717) is 12.5 Å². The van der Waals surface area contributed by atoms with Crippen LogP contribution in [0.3, 0.4) is 0 Å². The standard InChI is InChI=1S/C14H28N2O2/c1-11(13(17)16-14(2,3)4)18-9-7-12-6-5-8-15-10-12/h11-12,15H,5-10H2,1-4H3,(H,16,17). The predicted molar refractivity (Wildman–Crippen MR) is 73.5 cm³/mol. The molecule has 0 aromatic rings. The number of hydrogen-bond donors (Lipinski definition) is 2. The van der Waals surface area contributed by atoms with Crippen LogP contribution in [0.15, 0.2) is 0 Å². The summed E-state index contributed by atoms with van der Waals surface area (Å²) in [5, 5.41) is 6.32. The van der Waals surface area contributed by atoms with Crippen molar-refractivity contribution in [3.63, 3.8) is 0 Å². The van der Waals surface area contributed by atoms with Gasteiger partial charge in [0.1, 0.15) is 6.10 Å². The lowest BCUT2D eigenvalue weighted by molar-refractivity contribution is -0.133. The average molecular weight is 256 g/mol. The first-order valence-corrected chi connectivity index (χ1v) is 7.03.